The number of ether oxygens (including phenoxy) is 2. The number of halogens is 2. The molecule has 0 spiro atoms. The Morgan fingerprint density at radius 3 is 2.81 bits per heavy atom. The Hall–Kier alpha value is -3.12. The molecular weight excluding hydrogens is 371 g/mol. The number of carbonyl (C=O) groups is 1. The van der Waals surface area contributed by atoms with Crippen molar-refractivity contribution in [2.45, 2.75) is 6.54 Å². The lowest BCUT2D eigenvalue weighted by atomic mass is 10.1. The van der Waals surface area contributed by atoms with Crippen LogP contribution in [0.1, 0.15) is 15.9 Å². The third-order valence-corrected chi connectivity index (χ3v) is 4.44. The van der Waals surface area contributed by atoms with Gasteiger partial charge in [-0.05, 0) is 48.0 Å². The summed E-state index contributed by atoms with van der Waals surface area (Å²) in [6.07, 6.45) is 1.53. The summed E-state index contributed by atoms with van der Waals surface area (Å²) in [5.41, 5.74) is 1.64. The lowest BCUT2D eigenvalue weighted by Crippen LogP contribution is -2.22. The topological polar surface area (TPSA) is 60.5 Å². The van der Waals surface area contributed by atoms with E-state index in [-0.39, 0.29) is 30.4 Å². The molecule has 0 saturated carbocycles. The van der Waals surface area contributed by atoms with Gasteiger partial charge < -0.3 is 14.8 Å². The van der Waals surface area contributed by atoms with Gasteiger partial charge >= 0.3 is 0 Å². The van der Waals surface area contributed by atoms with E-state index >= 15 is 0 Å². The summed E-state index contributed by atoms with van der Waals surface area (Å²) in [5.74, 6) is 0.372. The molecule has 1 aromatic heterocycles. The maximum atomic E-state index is 14.5. The second-order valence-corrected chi connectivity index (χ2v) is 6.31. The molecule has 0 unspecified atom stereocenters. The summed E-state index contributed by atoms with van der Waals surface area (Å²) in [6.45, 7) is 0.474. The van der Waals surface area contributed by atoms with Crippen LogP contribution in [0.4, 0.5) is 4.39 Å². The van der Waals surface area contributed by atoms with E-state index in [0.29, 0.717) is 22.2 Å². The second-order valence-electron chi connectivity index (χ2n) is 5.90. The van der Waals surface area contributed by atoms with Crippen molar-refractivity contribution >= 4 is 17.5 Å². The van der Waals surface area contributed by atoms with Gasteiger partial charge in [0.1, 0.15) is 5.82 Å². The van der Waals surface area contributed by atoms with Crippen LogP contribution in [0.3, 0.4) is 0 Å². The first-order valence-corrected chi connectivity index (χ1v) is 8.57. The second kappa shape index (κ2) is 7.25. The Kier molecular flexibility index (Phi) is 4.64. The molecule has 7 heteroatoms. The predicted molar refractivity (Wildman–Crippen MR) is 98.4 cm³/mol. The van der Waals surface area contributed by atoms with Crippen molar-refractivity contribution in [1.82, 2.24) is 10.3 Å². The largest absolute Gasteiger partial charge is 0.454 e. The first kappa shape index (κ1) is 17.3. The van der Waals surface area contributed by atoms with Gasteiger partial charge in [-0.15, -0.1) is 0 Å². The number of hydrogen-bond donors (Lipinski definition) is 1. The predicted octanol–water partition coefficient (Wildman–Crippen LogP) is 4.20. The molecule has 3 aromatic rings. The number of fused-ring (bicyclic) bond motifs is 1. The molecule has 0 saturated heterocycles. The summed E-state index contributed by atoms with van der Waals surface area (Å²) >= 11 is 6.06. The summed E-state index contributed by atoms with van der Waals surface area (Å²) in [6, 6.07) is 12.9. The van der Waals surface area contributed by atoms with Gasteiger partial charge in [-0.3, -0.25) is 9.78 Å². The Morgan fingerprint density at radius 1 is 1.15 bits per heavy atom. The fourth-order valence-corrected chi connectivity index (χ4v) is 2.99. The van der Waals surface area contributed by atoms with Crippen LogP contribution in [-0.4, -0.2) is 17.7 Å². The molecular formula is C20H14ClFN2O3. The maximum Gasteiger partial charge on any atom is 0.251 e. The summed E-state index contributed by atoms with van der Waals surface area (Å²) in [7, 11) is 0. The van der Waals surface area contributed by atoms with Crippen molar-refractivity contribution in [2.75, 3.05) is 6.79 Å². The molecule has 0 aliphatic carbocycles. The molecule has 0 bridgehead atoms. The number of rotatable bonds is 4. The van der Waals surface area contributed by atoms with Crippen LogP contribution in [0.15, 0.2) is 54.7 Å². The zero-order valence-electron chi connectivity index (χ0n) is 14.0. The molecule has 1 aliphatic rings. The maximum absolute atomic E-state index is 14.5. The molecule has 1 amide bonds. The van der Waals surface area contributed by atoms with Crippen LogP contribution in [0.2, 0.25) is 5.02 Å². The zero-order chi connectivity index (χ0) is 18.8. The van der Waals surface area contributed by atoms with Crippen LogP contribution in [0.5, 0.6) is 11.5 Å². The Balaban J connectivity index is 1.48. The molecule has 2 heterocycles. The summed E-state index contributed by atoms with van der Waals surface area (Å²) in [5, 5.41) is 3.10. The number of pyridine rings is 1. The Bertz CT molecular complexity index is 1030. The third kappa shape index (κ3) is 3.57. The molecule has 27 heavy (non-hydrogen) atoms. The minimum absolute atomic E-state index is 0.192. The minimum Gasteiger partial charge on any atom is -0.454 e. The number of carbonyl (C=O) groups excluding carboxylic acids is 1. The molecule has 0 radical (unpaired) electrons. The molecule has 4 rings (SSSR count). The van der Waals surface area contributed by atoms with Gasteiger partial charge in [0, 0.05) is 23.9 Å². The van der Waals surface area contributed by atoms with E-state index in [1.807, 2.05) is 6.07 Å². The van der Waals surface area contributed by atoms with Crippen molar-refractivity contribution in [3.05, 3.63) is 76.7 Å². The van der Waals surface area contributed by atoms with Gasteiger partial charge in [0.25, 0.3) is 5.91 Å². The number of nitrogens with one attached hydrogen (secondary N) is 1. The van der Waals surface area contributed by atoms with Gasteiger partial charge in [0.05, 0.1) is 10.7 Å². The average molecular weight is 385 g/mol. The fourth-order valence-electron chi connectivity index (χ4n) is 2.77. The zero-order valence-corrected chi connectivity index (χ0v) is 14.8. The highest BCUT2D eigenvalue weighted by Crippen LogP contribution is 2.32. The quantitative estimate of drug-likeness (QED) is 0.732. The van der Waals surface area contributed by atoms with E-state index in [1.165, 1.54) is 18.3 Å². The number of nitrogens with zero attached hydrogens (tertiary/aromatic N) is 1. The first-order chi connectivity index (χ1) is 13.1. The molecule has 1 aliphatic heterocycles. The number of amides is 1. The third-order valence-electron chi connectivity index (χ3n) is 4.13. The monoisotopic (exact) mass is 384 g/mol. The van der Waals surface area contributed by atoms with Crippen molar-refractivity contribution < 1.29 is 18.7 Å². The van der Waals surface area contributed by atoms with E-state index in [4.69, 9.17) is 21.1 Å². The normalized spacial score (nSPS) is 12.1. The van der Waals surface area contributed by atoms with Gasteiger partial charge in [-0.1, -0.05) is 17.7 Å². The van der Waals surface area contributed by atoms with Gasteiger partial charge in [-0.2, -0.15) is 0 Å². The lowest BCUT2D eigenvalue weighted by molar-refractivity contribution is 0.0950. The van der Waals surface area contributed by atoms with Crippen molar-refractivity contribution in [3.63, 3.8) is 0 Å². The van der Waals surface area contributed by atoms with E-state index in [1.54, 1.807) is 30.3 Å². The smallest absolute Gasteiger partial charge is 0.251 e. The summed E-state index contributed by atoms with van der Waals surface area (Å²) < 4.78 is 25.0. The number of benzene rings is 2. The lowest BCUT2D eigenvalue weighted by Gasteiger charge is -2.09. The van der Waals surface area contributed by atoms with Crippen LogP contribution in [0, 0.1) is 5.82 Å². The van der Waals surface area contributed by atoms with Crippen molar-refractivity contribution in [3.8, 4) is 22.8 Å². The highest BCUT2D eigenvalue weighted by molar-refractivity contribution is 6.33. The van der Waals surface area contributed by atoms with E-state index < -0.39 is 5.82 Å². The number of hydrogen-bond acceptors (Lipinski definition) is 4. The van der Waals surface area contributed by atoms with Crippen molar-refractivity contribution in [2.24, 2.45) is 0 Å². The molecule has 2 aromatic carbocycles. The van der Waals surface area contributed by atoms with Crippen LogP contribution >= 0.6 is 11.6 Å². The highest BCUT2D eigenvalue weighted by atomic mass is 35.5. The van der Waals surface area contributed by atoms with Gasteiger partial charge in [0.2, 0.25) is 6.79 Å². The van der Waals surface area contributed by atoms with E-state index in [0.717, 1.165) is 5.56 Å². The Morgan fingerprint density at radius 2 is 2.00 bits per heavy atom. The van der Waals surface area contributed by atoms with Gasteiger partial charge in [0.15, 0.2) is 11.5 Å². The molecule has 0 fully saturated rings. The van der Waals surface area contributed by atoms with Crippen molar-refractivity contribution in [1.29, 1.82) is 0 Å². The molecule has 0 atom stereocenters. The highest BCUT2D eigenvalue weighted by Gasteiger charge is 2.15. The molecule has 1 N–H and O–H groups in total. The Labute approximate surface area is 159 Å². The van der Waals surface area contributed by atoms with Crippen LogP contribution in [0.25, 0.3) is 11.3 Å². The van der Waals surface area contributed by atoms with E-state index in [2.05, 4.69) is 10.3 Å². The van der Waals surface area contributed by atoms with E-state index in [9.17, 15) is 9.18 Å². The SMILES string of the molecule is O=C(NCc1ccc2c(c1)OCO2)c1ccc(-c2ncccc2Cl)c(F)c1. The summed E-state index contributed by atoms with van der Waals surface area (Å²) in [4.78, 5) is 16.4. The average Bonchev–Trinajstić information content (AvgIpc) is 3.14. The molecule has 5 nitrogen and oxygen atoms in total. The fraction of sp³-hybridized carbons (Fsp3) is 0.100. The first-order valence-electron chi connectivity index (χ1n) is 8.19. The molecule has 136 valence electrons. The number of aromatic nitrogens is 1. The van der Waals surface area contributed by atoms with Gasteiger partial charge in [-0.25, -0.2) is 4.39 Å². The standard InChI is InChI=1S/C20H14ClFN2O3/c21-15-2-1-7-23-19(15)14-5-4-13(9-16(14)22)20(25)24-10-12-3-6-17-18(8-12)27-11-26-17/h1-9H,10-11H2,(H,24,25). The minimum atomic E-state index is -0.564. The van der Waals surface area contributed by atoms with Crippen LogP contribution < -0.4 is 14.8 Å². The van der Waals surface area contributed by atoms with Crippen LogP contribution in [-0.2, 0) is 6.54 Å².